The maximum Gasteiger partial charge on any atom is 0.332 e. The topological polar surface area (TPSA) is 96.9 Å². The van der Waals surface area contributed by atoms with E-state index in [1.165, 1.54) is 12.8 Å². The van der Waals surface area contributed by atoms with Crippen molar-refractivity contribution in [3.05, 3.63) is 0 Å². The molecule has 7 heteroatoms. The van der Waals surface area contributed by atoms with E-state index in [1.807, 2.05) is 0 Å². The van der Waals surface area contributed by atoms with Gasteiger partial charge in [-0.2, -0.15) is 0 Å². The lowest BCUT2D eigenvalue weighted by atomic mass is 10.2. The van der Waals surface area contributed by atoms with Crippen molar-refractivity contribution in [2.45, 2.75) is 37.9 Å². The standard InChI is InChI=1S/C13H22N2O5/c16-12(17)11-4-3-10(20-11)7-15-13(18)14-5-6-19-8-9-1-2-9/h9-11H,1-8H2,(H,16,17)(H2,14,15,18). The summed E-state index contributed by atoms with van der Waals surface area (Å²) in [5.74, 6) is -0.213. The number of carbonyl (C=O) groups is 2. The number of hydrogen-bond donors (Lipinski definition) is 3. The molecule has 2 amide bonds. The van der Waals surface area contributed by atoms with Crippen molar-refractivity contribution in [2.24, 2.45) is 5.92 Å². The van der Waals surface area contributed by atoms with E-state index >= 15 is 0 Å². The van der Waals surface area contributed by atoms with Gasteiger partial charge < -0.3 is 25.2 Å². The van der Waals surface area contributed by atoms with Crippen LogP contribution in [0, 0.1) is 5.92 Å². The van der Waals surface area contributed by atoms with Crippen LogP contribution in [0.1, 0.15) is 25.7 Å². The number of urea groups is 1. The zero-order chi connectivity index (χ0) is 14.4. The van der Waals surface area contributed by atoms with Crippen molar-refractivity contribution in [1.29, 1.82) is 0 Å². The molecule has 114 valence electrons. The molecule has 2 aliphatic rings. The van der Waals surface area contributed by atoms with E-state index in [-0.39, 0.29) is 12.1 Å². The van der Waals surface area contributed by atoms with Gasteiger partial charge in [0, 0.05) is 19.7 Å². The van der Waals surface area contributed by atoms with E-state index in [0.717, 1.165) is 12.5 Å². The van der Waals surface area contributed by atoms with Gasteiger partial charge in [0.15, 0.2) is 6.10 Å². The van der Waals surface area contributed by atoms with Crippen LogP contribution in [-0.2, 0) is 14.3 Å². The predicted octanol–water partition coefficient (Wildman–Crippen LogP) is 0.344. The molecule has 0 radical (unpaired) electrons. The van der Waals surface area contributed by atoms with Crippen LogP contribution in [0.2, 0.25) is 0 Å². The number of aliphatic carboxylic acids is 1. The Morgan fingerprint density at radius 1 is 1.20 bits per heavy atom. The molecule has 0 spiro atoms. The largest absolute Gasteiger partial charge is 0.479 e. The minimum Gasteiger partial charge on any atom is -0.479 e. The lowest BCUT2D eigenvalue weighted by molar-refractivity contribution is -0.149. The summed E-state index contributed by atoms with van der Waals surface area (Å²) in [4.78, 5) is 22.2. The lowest BCUT2D eigenvalue weighted by Crippen LogP contribution is -2.41. The number of ether oxygens (including phenoxy) is 2. The molecule has 1 saturated heterocycles. The van der Waals surface area contributed by atoms with Crippen molar-refractivity contribution in [3.8, 4) is 0 Å². The fourth-order valence-electron chi connectivity index (χ4n) is 2.08. The smallest absolute Gasteiger partial charge is 0.332 e. The van der Waals surface area contributed by atoms with Crippen molar-refractivity contribution >= 4 is 12.0 Å². The van der Waals surface area contributed by atoms with Crippen LogP contribution in [0.4, 0.5) is 4.79 Å². The number of rotatable bonds is 8. The number of carbonyl (C=O) groups excluding carboxylic acids is 1. The molecule has 0 aromatic rings. The Bertz CT molecular complexity index is 346. The van der Waals surface area contributed by atoms with E-state index in [1.54, 1.807) is 0 Å². The Morgan fingerprint density at radius 3 is 2.65 bits per heavy atom. The van der Waals surface area contributed by atoms with E-state index in [9.17, 15) is 9.59 Å². The van der Waals surface area contributed by atoms with Gasteiger partial charge in [-0.3, -0.25) is 0 Å². The van der Waals surface area contributed by atoms with Gasteiger partial charge in [-0.25, -0.2) is 9.59 Å². The van der Waals surface area contributed by atoms with E-state index < -0.39 is 12.1 Å². The predicted molar refractivity (Wildman–Crippen MR) is 70.5 cm³/mol. The summed E-state index contributed by atoms with van der Waals surface area (Å²) in [5.41, 5.74) is 0. The second-order valence-electron chi connectivity index (χ2n) is 5.32. The maximum absolute atomic E-state index is 11.5. The molecule has 1 saturated carbocycles. The van der Waals surface area contributed by atoms with Crippen LogP contribution in [-0.4, -0.2) is 55.6 Å². The molecule has 2 atom stereocenters. The van der Waals surface area contributed by atoms with Crippen LogP contribution in [0.25, 0.3) is 0 Å². The van der Waals surface area contributed by atoms with Crippen molar-refractivity contribution in [3.63, 3.8) is 0 Å². The normalized spacial score (nSPS) is 25.4. The van der Waals surface area contributed by atoms with Crippen molar-refractivity contribution in [2.75, 3.05) is 26.3 Å². The first-order valence-corrected chi connectivity index (χ1v) is 7.13. The average molecular weight is 286 g/mol. The highest BCUT2D eigenvalue weighted by atomic mass is 16.5. The van der Waals surface area contributed by atoms with Crippen LogP contribution < -0.4 is 10.6 Å². The summed E-state index contributed by atoms with van der Waals surface area (Å²) in [6.45, 7) is 2.11. The number of carboxylic acids is 1. The highest BCUT2D eigenvalue weighted by Gasteiger charge is 2.30. The Hall–Kier alpha value is -1.34. The van der Waals surface area contributed by atoms with Gasteiger partial charge >= 0.3 is 12.0 Å². The molecule has 2 rings (SSSR count). The monoisotopic (exact) mass is 286 g/mol. The molecular formula is C13H22N2O5. The first-order valence-electron chi connectivity index (χ1n) is 7.13. The maximum atomic E-state index is 11.5. The van der Waals surface area contributed by atoms with Gasteiger partial charge in [0.2, 0.25) is 0 Å². The number of carboxylic acid groups (broad SMARTS) is 1. The van der Waals surface area contributed by atoms with Gasteiger partial charge in [0.05, 0.1) is 12.7 Å². The Morgan fingerprint density at radius 2 is 2.00 bits per heavy atom. The second kappa shape index (κ2) is 7.44. The molecule has 0 bridgehead atoms. The summed E-state index contributed by atoms with van der Waals surface area (Å²) in [6.07, 6.45) is 2.72. The quantitative estimate of drug-likeness (QED) is 0.559. The summed E-state index contributed by atoms with van der Waals surface area (Å²) < 4.78 is 10.7. The molecule has 0 aromatic heterocycles. The minimum atomic E-state index is -0.940. The highest BCUT2D eigenvalue weighted by Crippen LogP contribution is 2.28. The third-order valence-corrected chi connectivity index (χ3v) is 3.46. The van der Waals surface area contributed by atoms with Gasteiger partial charge in [-0.1, -0.05) is 0 Å². The third-order valence-electron chi connectivity index (χ3n) is 3.46. The van der Waals surface area contributed by atoms with E-state index in [4.69, 9.17) is 14.6 Å². The Balaban J connectivity index is 1.46. The third kappa shape index (κ3) is 5.34. The van der Waals surface area contributed by atoms with Crippen molar-refractivity contribution in [1.82, 2.24) is 10.6 Å². The highest BCUT2D eigenvalue weighted by molar-refractivity contribution is 5.74. The van der Waals surface area contributed by atoms with Crippen molar-refractivity contribution < 1.29 is 24.2 Å². The van der Waals surface area contributed by atoms with Gasteiger partial charge in [-0.05, 0) is 31.6 Å². The molecule has 1 heterocycles. The molecule has 2 unspecified atom stereocenters. The molecule has 7 nitrogen and oxygen atoms in total. The number of hydrogen-bond acceptors (Lipinski definition) is 4. The van der Waals surface area contributed by atoms with Gasteiger partial charge in [0.25, 0.3) is 0 Å². The fraction of sp³-hybridized carbons (Fsp3) is 0.846. The lowest BCUT2D eigenvalue weighted by Gasteiger charge is -2.13. The SMILES string of the molecule is O=C(NCCOCC1CC1)NCC1CCC(C(=O)O)O1. The summed E-state index contributed by atoms with van der Waals surface area (Å²) in [7, 11) is 0. The first kappa shape index (κ1) is 15.1. The summed E-state index contributed by atoms with van der Waals surface area (Å²) in [5, 5.41) is 14.1. The van der Waals surface area contributed by atoms with Gasteiger partial charge in [-0.15, -0.1) is 0 Å². The minimum absolute atomic E-state index is 0.215. The zero-order valence-electron chi connectivity index (χ0n) is 11.5. The van der Waals surface area contributed by atoms with Crippen LogP contribution >= 0.6 is 0 Å². The van der Waals surface area contributed by atoms with E-state index in [0.29, 0.717) is 32.5 Å². The van der Waals surface area contributed by atoms with Crippen LogP contribution in [0.3, 0.4) is 0 Å². The molecule has 1 aliphatic carbocycles. The molecule has 0 aromatic carbocycles. The van der Waals surface area contributed by atoms with E-state index in [2.05, 4.69) is 10.6 Å². The number of nitrogens with one attached hydrogen (secondary N) is 2. The Kier molecular flexibility index (Phi) is 5.60. The average Bonchev–Trinajstić information content (AvgIpc) is 3.11. The number of amides is 2. The van der Waals surface area contributed by atoms with Crippen LogP contribution in [0.15, 0.2) is 0 Å². The molecule has 3 N–H and O–H groups in total. The molecule has 2 fully saturated rings. The molecular weight excluding hydrogens is 264 g/mol. The molecule has 1 aliphatic heterocycles. The second-order valence-corrected chi connectivity index (χ2v) is 5.32. The molecule has 20 heavy (non-hydrogen) atoms. The first-order chi connectivity index (χ1) is 9.65. The summed E-state index contributed by atoms with van der Waals surface area (Å²) >= 11 is 0. The Labute approximate surface area is 118 Å². The summed E-state index contributed by atoms with van der Waals surface area (Å²) in [6, 6.07) is -0.276. The van der Waals surface area contributed by atoms with Gasteiger partial charge in [0.1, 0.15) is 0 Å². The fourth-order valence-corrected chi connectivity index (χ4v) is 2.08. The van der Waals surface area contributed by atoms with Crippen LogP contribution in [0.5, 0.6) is 0 Å². The zero-order valence-corrected chi connectivity index (χ0v) is 11.5.